The van der Waals surface area contributed by atoms with Crippen LogP contribution in [0.5, 0.6) is 0 Å². The molecular formula is C10H23N3O. The highest BCUT2D eigenvalue weighted by Gasteiger charge is 2.17. The maximum atomic E-state index is 8.59. The van der Waals surface area contributed by atoms with Crippen molar-refractivity contribution in [2.75, 3.05) is 45.9 Å². The van der Waals surface area contributed by atoms with Gasteiger partial charge in [-0.3, -0.25) is 0 Å². The van der Waals surface area contributed by atoms with Crippen LogP contribution in [0.3, 0.4) is 0 Å². The first-order chi connectivity index (χ1) is 6.86. The Morgan fingerprint density at radius 1 is 1.43 bits per heavy atom. The van der Waals surface area contributed by atoms with Crippen molar-refractivity contribution in [3.63, 3.8) is 0 Å². The Hall–Kier alpha value is -0.160. The van der Waals surface area contributed by atoms with Crippen molar-refractivity contribution in [1.82, 2.24) is 10.2 Å². The molecule has 0 amide bonds. The standard InChI is InChI=1S/C10H23N3O/c11-8-10-2-1-5-13(9-10)6-3-12-4-7-14/h10,12,14H,1-9,11H2. The molecule has 0 saturated carbocycles. The molecule has 4 heteroatoms. The molecule has 0 aliphatic carbocycles. The molecule has 1 aliphatic heterocycles. The zero-order chi connectivity index (χ0) is 10.2. The predicted octanol–water partition coefficient (Wildman–Crippen LogP) is -0.761. The van der Waals surface area contributed by atoms with E-state index in [1.165, 1.54) is 19.4 Å². The van der Waals surface area contributed by atoms with E-state index in [0.29, 0.717) is 12.5 Å². The minimum absolute atomic E-state index is 0.228. The number of hydrogen-bond donors (Lipinski definition) is 3. The maximum Gasteiger partial charge on any atom is 0.0555 e. The van der Waals surface area contributed by atoms with Crippen LogP contribution in [-0.4, -0.2) is 55.9 Å². The van der Waals surface area contributed by atoms with Gasteiger partial charge in [-0.25, -0.2) is 0 Å². The van der Waals surface area contributed by atoms with Crippen LogP contribution in [0.1, 0.15) is 12.8 Å². The lowest BCUT2D eigenvalue weighted by atomic mass is 9.98. The summed E-state index contributed by atoms with van der Waals surface area (Å²) in [7, 11) is 0. The molecule has 0 aromatic rings. The number of piperidine rings is 1. The number of rotatable bonds is 6. The highest BCUT2D eigenvalue weighted by Crippen LogP contribution is 2.14. The quantitative estimate of drug-likeness (QED) is 0.494. The average molecular weight is 201 g/mol. The topological polar surface area (TPSA) is 61.5 Å². The third-order valence-corrected chi connectivity index (χ3v) is 2.83. The molecule has 84 valence electrons. The van der Waals surface area contributed by atoms with Crippen LogP contribution in [0.2, 0.25) is 0 Å². The molecule has 4 nitrogen and oxygen atoms in total. The van der Waals surface area contributed by atoms with Gasteiger partial charge >= 0.3 is 0 Å². The fourth-order valence-electron chi connectivity index (χ4n) is 1.99. The SMILES string of the molecule is NCC1CCCN(CCNCCO)C1. The molecule has 14 heavy (non-hydrogen) atoms. The van der Waals surface area contributed by atoms with Crippen LogP contribution in [0.15, 0.2) is 0 Å². The minimum atomic E-state index is 0.228. The number of aliphatic hydroxyl groups excluding tert-OH is 1. The summed E-state index contributed by atoms with van der Waals surface area (Å²) >= 11 is 0. The zero-order valence-corrected chi connectivity index (χ0v) is 8.91. The van der Waals surface area contributed by atoms with Crippen LogP contribution in [-0.2, 0) is 0 Å². The Labute approximate surface area is 86.5 Å². The van der Waals surface area contributed by atoms with Gasteiger partial charge in [-0.1, -0.05) is 0 Å². The van der Waals surface area contributed by atoms with E-state index in [1.807, 2.05) is 0 Å². The number of aliphatic hydroxyl groups is 1. The Morgan fingerprint density at radius 2 is 2.29 bits per heavy atom. The molecule has 0 spiro atoms. The summed E-state index contributed by atoms with van der Waals surface area (Å²) in [6, 6.07) is 0. The zero-order valence-electron chi connectivity index (χ0n) is 8.91. The smallest absolute Gasteiger partial charge is 0.0555 e. The molecule has 1 rings (SSSR count). The first-order valence-corrected chi connectivity index (χ1v) is 5.61. The Kier molecular flexibility index (Phi) is 6.10. The fraction of sp³-hybridized carbons (Fsp3) is 1.00. The van der Waals surface area contributed by atoms with Gasteiger partial charge < -0.3 is 21.1 Å². The summed E-state index contributed by atoms with van der Waals surface area (Å²) in [5.74, 6) is 0.696. The summed E-state index contributed by atoms with van der Waals surface area (Å²) < 4.78 is 0. The van der Waals surface area contributed by atoms with E-state index < -0.39 is 0 Å². The molecule has 1 atom stereocenters. The third kappa shape index (κ3) is 4.37. The lowest BCUT2D eigenvalue weighted by molar-refractivity contribution is 0.177. The lowest BCUT2D eigenvalue weighted by Gasteiger charge is -2.32. The lowest BCUT2D eigenvalue weighted by Crippen LogP contribution is -2.41. The molecule has 4 N–H and O–H groups in total. The van der Waals surface area contributed by atoms with Gasteiger partial charge in [0.1, 0.15) is 0 Å². The fourth-order valence-corrected chi connectivity index (χ4v) is 1.99. The van der Waals surface area contributed by atoms with Gasteiger partial charge in [0.05, 0.1) is 6.61 Å². The summed E-state index contributed by atoms with van der Waals surface area (Å²) in [6.45, 7) is 6.16. The Balaban J connectivity index is 2.05. The monoisotopic (exact) mass is 201 g/mol. The number of nitrogens with two attached hydrogens (primary N) is 1. The highest BCUT2D eigenvalue weighted by atomic mass is 16.3. The van der Waals surface area contributed by atoms with Crippen LogP contribution in [0, 0.1) is 5.92 Å². The maximum absolute atomic E-state index is 8.59. The number of hydrogen-bond acceptors (Lipinski definition) is 4. The molecule has 1 unspecified atom stereocenters. The summed E-state index contributed by atoms with van der Waals surface area (Å²) in [5.41, 5.74) is 5.67. The van der Waals surface area contributed by atoms with E-state index in [4.69, 9.17) is 10.8 Å². The molecule has 1 fully saturated rings. The van der Waals surface area contributed by atoms with Gasteiger partial charge in [0.15, 0.2) is 0 Å². The van der Waals surface area contributed by atoms with Crippen LogP contribution < -0.4 is 11.1 Å². The molecule has 1 aliphatic rings. The molecule has 0 aromatic carbocycles. The van der Waals surface area contributed by atoms with E-state index in [1.54, 1.807) is 0 Å². The van der Waals surface area contributed by atoms with Crippen molar-refractivity contribution >= 4 is 0 Å². The molecule has 1 saturated heterocycles. The molecule has 1 heterocycles. The van der Waals surface area contributed by atoms with E-state index in [0.717, 1.165) is 26.2 Å². The van der Waals surface area contributed by atoms with E-state index in [2.05, 4.69) is 10.2 Å². The average Bonchev–Trinajstić information content (AvgIpc) is 2.25. The molecule has 0 aromatic heterocycles. The van der Waals surface area contributed by atoms with Gasteiger partial charge in [0, 0.05) is 26.2 Å². The molecular weight excluding hydrogens is 178 g/mol. The van der Waals surface area contributed by atoms with E-state index >= 15 is 0 Å². The van der Waals surface area contributed by atoms with Crippen molar-refractivity contribution in [3.05, 3.63) is 0 Å². The first kappa shape index (κ1) is 11.9. The normalized spacial score (nSPS) is 24.0. The second kappa shape index (κ2) is 7.17. The Bertz CT molecular complexity index is 143. The summed E-state index contributed by atoms with van der Waals surface area (Å²) in [6.07, 6.45) is 2.57. The van der Waals surface area contributed by atoms with Crippen molar-refractivity contribution in [2.45, 2.75) is 12.8 Å². The van der Waals surface area contributed by atoms with Gasteiger partial charge in [-0.05, 0) is 31.8 Å². The summed E-state index contributed by atoms with van der Waals surface area (Å²) in [4.78, 5) is 2.46. The Morgan fingerprint density at radius 3 is 3.00 bits per heavy atom. The molecule has 0 radical (unpaired) electrons. The second-order valence-electron chi connectivity index (χ2n) is 4.02. The van der Waals surface area contributed by atoms with Crippen molar-refractivity contribution < 1.29 is 5.11 Å². The van der Waals surface area contributed by atoms with Crippen molar-refractivity contribution in [2.24, 2.45) is 11.7 Å². The van der Waals surface area contributed by atoms with Gasteiger partial charge in [-0.15, -0.1) is 0 Å². The predicted molar refractivity (Wildman–Crippen MR) is 58.2 cm³/mol. The summed E-state index contributed by atoms with van der Waals surface area (Å²) in [5, 5.41) is 11.8. The van der Waals surface area contributed by atoms with Crippen molar-refractivity contribution in [3.8, 4) is 0 Å². The third-order valence-electron chi connectivity index (χ3n) is 2.83. The second-order valence-corrected chi connectivity index (χ2v) is 4.02. The van der Waals surface area contributed by atoms with Gasteiger partial charge in [0.2, 0.25) is 0 Å². The number of nitrogens with zero attached hydrogens (tertiary/aromatic N) is 1. The van der Waals surface area contributed by atoms with Crippen molar-refractivity contribution in [1.29, 1.82) is 0 Å². The van der Waals surface area contributed by atoms with E-state index in [9.17, 15) is 0 Å². The van der Waals surface area contributed by atoms with E-state index in [-0.39, 0.29) is 6.61 Å². The van der Waals surface area contributed by atoms with Gasteiger partial charge in [-0.2, -0.15) is 0 Å². The van der Waals surface area contributed by atoms with Crippen LogP contribution in [0.25, 0.3) is 0 Å². The van der Waals surface area contributed by atoms with Gasteiger partial charge in [0.25, 0.3) is 0 Å². The number of likely N-dealkylation sites (tertiary alicyclic amines) is 1. The highest BCUT2D eigenvalue weighted by molar-refractivity contribution is 4.73. The van der Waals surface area contributed by atoms with Crippen LogP contribution in [0.4, 0.5) is 0 Å². The van der Waals surface area contributed by atoms with Crippen LogP contribution >= 0.6 is 0 Å². The number of nitrogens with one attached hydrogen (secondary N) is 1. The molecule has 0 bridgehead atoms. The first-order valence-electron chi connectivity index (χ1n) is 5.61. The largest absolute Gasteiger partial charge is 0.395 e. The minimum Gasteiger partial charge on any atom is -0.395 e.